The third-order valence-electron chi connectivity index (χ3n) is 2.60. The SMILES string of the molecule is CC(C)n1nnc(CC(C)(C)C)c1C(Cl)(Cl)C(Cl)(Cl)Cl. The summed E-state index contributed by atoms with van der Waals surface area (Å²) in [4.78, 5) is 0. The van der Waals surface area contributed by atoms with Crippen molar-refractivity contribution in [1.82, 2.24) is 15.0 Å². The van der Waals surface area contributed by atoms with E-state index in [0.29, 0.717) is 17.8 Å². The molecule has 116 valence electrons. The molecule has 0 N–H and O–H groups in total. The smallest absolute Gasteiger partial charge is 0.228 e. The Hall–Kier alpha value is 0.590. The zero-order chi connectivity index (χ0) is 15.9. The van der Waals surface area contributed by atoms with Gasteiger partial charge in [0, 0.05) is 6.04 Å². The van der Waals surface area contributed by atoms with Crippen LogP contribution in [0.2, 0.25) is 0 Å². The van der Waals surface area contributed by atoms with E-state index in [0.717, 1.165) is 0 Å². The summed E-state index contributed by atoms with van der Waals surface area (Å²) < 4.78 is -2.02. The maximum absolute atomic E-state index is 6.33. The molecule has 0 aromatic carbocycles. The first-order chi connectivity index (χ1) is 8.77. The average Bonchev–Trinajstić information content (AvgIpc) is 2.57. The highest BCUT2D eigenvalue weighted by Gasteiger charge is 2.51. The second kappa shape index (κ2) is 6.00. The van der Waals surface area contributed by atoms with Crippen LogP contribution in [0.15, 0.2) is 0 Å². The van der Waals surface area contributed by atoms with Gasteiger partial charge < -0.3 is 0 Å². The van der Waals surface area contributed by atoms with E-state index in [1.54, 1.807) is 4.68 Å². The predicted octanol–water partition coefficient (Wildman–Crippen LogP) is 5.45. The monoisotopic (exact) mass is 379 g/mol. The summed E-state index contributed by atoms with van der Waals surface area (Å²) >= 11 is 30.5. The Labute approximate surface area is 144 Å². The number of nitrogens with zero attached hydrogens (tertiary/aromatic N) is 3. The summed E-state index contributed by atoms with van der Waals surface area (Å²) in [5.74, 6) is 0. The van der Waals surface area contributed by atoms with Crippen molar-refractivity contribution in [2.75, 3.05) is 0 Å². The molecule has 1 rings (SSSR count). The van der Waals surface area contributed by atoms with E-state index in [1.165, 1.54) is 0 Å². The molecule has 20 heavy (non-hydrogen) atoms. The summed E-state index contributed by atoms with van der Waals surface area (Å²) in [6.07, 6.45) is 0.622. The fourth-order valence-electron chi connectivity index (χ4n) is 1.77. The Balaban J connectivity index is 3.44. The van der Waals surface area contributed by atoms with Crippen molar-refractivity contribution in [3.63, 3.8) is 0 Å². The number of alkyl halides is 5. The van der Waals surface area contributed by atoms with Gasteiger partial charge in [-0.05, 0) is 25.7 Å². The third kappa shape index (κ3) is 4.07. The zero-order valence-electron chi connectivity index (χ0n) is 12.0. The lowest BCUT2D eigenvalue weighted by atomic mass is 9.89. The van der Waals surface area contributed by atoms with E-state index < -0.39 is 8.13 Å². The normalized spacial score (nSPS) is 14.2. The van der Waals surface area contributed by atoms with Gasteiger partial charge >= 0.3 is 0 Å². The molecule has 3 nitrogen and oxygen atoms in total. The molecule has 0 atom stereocenters. The van der Waals surface area contributed by atoms with E-state index in [4.69, 9.17) is 58.0 Å². The lowest BCUT2D eigenvalue weighted by molar-refractivity contribution is 0.403. The minimum atomic E-state index is -1.89. The molecule has 0 fully saturated rings. The van der Waals surface area contributed by atoms with Crippen molar-refractivity contribution < 1.29 is 0 Å². The van der Waals surface area contributed by atoms with Gasteiger partial charge in [-0.1, -0.05) is 84.0 Å². The van der Waals surface area contributed by atoms with Gasteiger partial charge in [0.1, 0.15) is 5.69 Å². The van der Waals surface area contributed by atoms with Crippen LogP contribution < -0.4 is 0 Å². The Morgan fingerprint density at radius 3 is 1.90 bits per heavy atom. The molecule has 1 aromatic rings. The Morgan fingerprint density at radius 2 is 1.55 bits per heavy atom. The van der Waals surface area contributed by atoms with Gasteiger partial charge in [0.15, 0.2) is 0 Å². The molecule has 8 heteroatoms. The standard InChI is InChI=1S/C12H18Cl5N3/c1-7(2)20-9(11(13,14)12(15,16)17)8(18-19-20)6-10(3,4)5/h7H,6H2,1-5H3. The molecule has 0 unspecified atom stereocenters. The minimum Gasteiger partial charge on any atom is -0.243 e. The molecule has 0 aliphatic rings. The molecular weight excluding hydrogens is 363 g/mol. The van der Waals surface area contributed by atoms with Gasteiger partial charge in [-0.3, -0.25) is 0 Å². The van der Waals surface area contributed by atoms with Crippen LogP contribution in [0.3, 0.4) is 0 Å². The van der Waals surface area contributed by atoms with Crippen LogP contribution in [-0.4, -0.2) is 18.8 Å². The number of rotatable bonds is 3. The largest absolute Gasteiger partial charge is 0.243 e. The Kier molecular flexibility index (Phi) is 5.59. The van der Waals surface area contributed by atoms with Gasteiger partial charge in [-0.2, -0.15) is 0 Å². The summed E-state index contributed by atoms with van der Waals surface area (Å²) in [5.41, 5.74) is 1.05. The van der Waals surface area contributed by atoms with Gasteiger partial charge in [-0.15, -0.1) is 5.10 Å². The van der Waals surface area contributed by atoms with Crippen LogP contribution in [0.25, 0.3) is 0 Å². The first-order valence-corrected chi connectivity index (χ1v) is 8.05. The molecule has 0 aliphatic heterocycles. The highest BCUT2D eigenvalue weighted by atomic mass is 35.6. The van der Waals surface area contributed by atoms with Crippen LogP contribution in [0, 0.1) is 5.41 Å². The quantitative estimate of drug-likeness (QED) is 0.652. The highest BCUT2D eigenvalue weighted by Crippen LogP contribution is 2.54. The summed E-state index contributed by atoms with van der Waals surface area (Å²) in [6, 6.07) is -0.00422. The third-order valence-corrected chi connectivity index (χ3v) is 4.96. The number of aromatic nitrogens is 3. The van der Waals surface area contributed by atoms with E-state index in [9.17, 15) is 0 Å². The first-order valence-electron chi connectivity index (χ1n) is 6.16. The van der Waals surface area contributed by atoms with E-state index in [-0.39, 0.29) is 11.5 Å². The molecule has 0 spiro atoms. The predicted molar refractivity (Wildman–Crippen MR) is 87.2 cm³/mol. The summed E-state index contributed by atoms with van der Waals surface area (Å²) in [5, 5.41) is 8.27. The highest BCUT2D eigenvalue weighted by molar-refractivity contribution is 6.75. The van der Waals surface area contributed by atoms with E-state index >= 15 is 0 Å². The minimum absolute atomic E-state index is 0.00422. The topological polar surface area (TPSA) is 30.7 Å². The molecule has 0 saturated heterocycles. The molecular formula is C12H18Cl5N3. The zero-order valence-corrected chi connectivity index (χ0v) is 15.8. The maximum atomic E-state index is 6.33. The lowest BCUT2D eigenvalue weighted by Gasteiger charge is -2.30. The fraction of sp³-hybridized carbons (Fsp3) is 0.833. The van der Waals surface area contributed by atoms with Gasteiger partial charge in [-0.25, -0.2) is 4.68 Å². The van der Waals surface area contributed by atoms with Crippen molar-refractivity contribution in [2.24, 2.45) is 5.41 Å². The van der Waals surface area contributed by atoms with Crippen molar-refractivity contribution in [1.29, 1.82) is 0 Å². The lowest BCUT2D eigenvalue weighted by Crippen LogP contribution is -2.33. The van der Waals surface area contributed by atoms with Crippen molar-refractivity contribution >= 4 is 58.0 Å². The van der Waals surface area contributed by atoms with E-state index in [1.807, 2.05) is 13.8 Å². The molecule has 0 saturated carbocycles. The van der Waals surface area contributed by atoms with Crippen molar-refractivity contribution in [2.45, 2.75) is 55.2 Å². The molecule has 1 heterocycles. The van der Waals surface area contributed by atoms with Crippen LogP contribution in [-0.2, 0) is 10.8 Å². The summed E-state index contributed by atoms with van der Waals surface area (Å²) in [7, 11) is 0. The maximum Gasteiger partial charge on any atom is 0.228 e. The Bertz CT molecular complexity index is 468. The van der Waals surface area contributed by atoms with Crippen LogP contribution in [0.5, 0.6) is 0 Å². The van der Waals surface area contributed by atoms with Crippen LogP contribution >= 0.6 is 58.0 Å². The van der Waals surface area contributed by atoms with Gasteiger partial charge in [0.25, 0.3) is 0 Å². The van der Waals surface area contributed by atoms with Crippen LogP contribution in [0.4, 0.5) is 0 Å². The van der Waals surface area contributed by atoms with E-state index in [2.05, 4.69) is 31.1 Å². The first kappa shape index (κ1) is 18.6. The molecule has 0 aliphatic carbocycles. The van der Waals surface area contributed by atoms with Crippen molar-refractivity contribution in [3.8, 4) is 0 Å². The molecule has 1 aromatic heterocycles. The summed E-state index contributed by atoms with van der Waals surface area (Å²) in [6.45, 7) is 10.1. The second-order valence-electron chi connectivity index (χ2n) is 6.23. The fourth-order valence-corrected chi connectivity index (χ4v) is 2.43. The second-order valence-corrected chi connectivity index (χ2v) is 9.84. The molecule has 0 radical (unpaired) electrons. The Morgan fingerprint density at radius 1 is 1.05 bits per heavy atom. The van der Waals surface area contributed by atoms with Gasteiger partial charge in [0.2, 0.25) is 8.13 Å². The number of halogens is 5. The molecule has 0 bridgehead atoms. The van der Waals surface area contributed by atoms with Gasteiger partial charge in [0.05, 0.1) is 5.69 Å². The average molecular weight is 382 g/mol. The molecule has 0 amide bonds. The van der Waals surface area contributed by atoms with Crippen molar-refractivity contribution in [3.05, 3.63) is 11.4 Å². The number of hydrogen-bond acceptors (Lipinski definition) is 2. The number of hydrogen-bond donors (Lipinski definition) is 0. The van der Waals surface area contributed by atoms with Crippen LogP contribution in [0.1, 0.15) is 52.0 Å².